The molecule has 2 aromatic heterocycles. The molecule has 128 valence electrons. The molecule has 25 heavy (non-hydrogen) atoms. The van der Waals surface area contributed by atoms with E-state index in [1.165, 1.54) is 0 Å². The molecule has 0 unspecified atom stereocenters. The van der Waals surface area contributed by atoms with Gasteiger partial charge in [0.25, 0.3) is 0 Å². The monoisotopic (exact) mass is 338 g/mol. The minimum atomic E-state index is -0.0699. The van der Waals surface area contributed by atoms with Gasteiger partial charge in [-0.3, -0.25) is 9.78 Å². The van der Waals surface area contributed by atoms with Gasteiger partial charge in [0, 0.05) is 37.3 Å². The molecule has 0 saturated heterocycles. The molecule has 7 heteroatoms. The first-order valence-corrected chi connectivity index (χ1v) is 7.87. The number of rotatable bonds is 7. The number of benzene rings is 1. The molecule has 0 aliphatic heterocycles. The molecular formula is C18H18N4O3. The van der Waals surface area contributed by atoms with E-state index < -0.39 is 0 Å². The number of carbonyl (C=O) groups is 1. The lowest BCUT2D eigenvalue weighted by molar-refractivity contribution is -0.121. The Morgan fingerprint density at radius 2 is 1.88 bits per heavy atom. The van der Waals surface area contributed by atoms with E-state index >= 15 is 0 Å². The van der Waals surface area contributed by atoms with Crippen LogP contribution in [0, 0.1) is 0 Å². The summed E-state index contributed by atoms with van der Waals surface area (Å²) in [6.45, 7) is 0.467. The zero-order valence-electron chi connectivity index (χ0n) is 13.8. The topological polar surface area (TPSA) is 90.1 Å². The minimum Gasteiger partial charge on any atom is -0.497 e. The van der Waals surface area contributed by atoms with Crippen molar-refractivity contribution in [1.29, 1.82) is 0 Å². The fraction of sp³-hybridized carbons (Fsp3) is 0.222. The number of nitrogens with zero attached hydrogens (tertiary/aromatic N) is 3. The summed E-state index contributed by atoms with van der Waals surface area (Å²) in [7, 11) is 1.62. The quantitative estimate of drug-likeness (QED) is 0.711. The molecule has 3 rings (SSSR count). The lowest BCUT2D eigenvalue weighted by Gasteiger charge is -2.05. The third kappa shape index (κ3) is 4.63. The molecule has 1 amide bonds. The molecule has 2 heterocycles. The van der Waals surface area contributed by atoms with Crippen LogP contribution in [0.25, 0.3) is 11.5 Å². The number of aryl methyl sites for hydroxylation is 1. The summed E-state index contributed by atoms with van der Waals surface area (Å²) in [5.74, 6) is 1.58. The van der Waals surface area contributed by atoms with E-state index in [2.05, 4.69) is 20.5 Å². The van der Waals surface area contributed by atoms with Crippen LogP contribution in [0.3, 0.4) is 0 Å². The van der Waals surface area contributed by atoms with Gasteiger partial charge < -0.3 is 14.5 Å². The highest BCUT2D eigenvalue weighted by Gasteiger charge is 2.10. The summed E-state index contributed by atoms with van der Waals surface area (Å²) in [6.07, 6.45) is 4.00. The summed E-state index contributed by atoms with van der Waals surface area (Å²) in [4.78, 5) is 15.9. The SMILES string of the molecule is COc1ccc(CNC(=O)CCc2nnc(-c3ccncc3)o2)cc1. The van der Waals surface area contributed by atoms with Gasteiger partial charge in [0.2, 0.25) is 17.7 Å². The van der Waals surface area contributed by atoms with Crippen LogP contribution in [0.15, 0.2) is 53.2 Å². The van der Waals surface area contributed by atoms with Gasteiger partial charge in [-0.15, -0.1) is 10.2 Å². The summed E-state index contributed by atoms with van der Waals surface area (Å²) in [5.41, 5.74) is 1.81. The third-order valence-electron chi connectivity index (χ3n) is 3.61. The predicted octanol–water partition coefficient (Wildman–Crippen LogP) is 2.39. The maximum Gasteiger partial charge on any atom is 0.247 e. The van der Waals surface area contributed by atoms with Crippen molar-refractivity contribution in [3.63, 3.8) is 0 Å². The van der Waals surface area contributed by atoms with Crippen LogP contribution < -0.4 is 10.1 Å². The number of ether oxygens (including phenoxy) is 1. The lowest BCUT2D eigenvalue weighted by atomic mass is 10.2. The van der Waals surface area contributed by atoms with Crippen LogP contribution in [-0.2, 0) is 17.8 Å². The molecular weight excluding hydrogens is 320 g/mol. The number of nitrogens with one attached hydrogen (secondary N) is 1. The second-order valence-corrected chi connectivity index (χ2v) is 5.36. The molecule has 0 radical (unpaired) electrons. The van der Waals surface area contributed by atoms with Crippen molar-refractivity contribution in [3.8, 4) is 17.2 Å². The second kappa shape index (κ2) is 8.05. The Morgan fingerprint density at radius 3 is 2.60 bits per heavy atom. The largest absolute Gasteiger partial charge is 0.497 e. The van der Waals surface area contributed by atoms with Crippen LogP contribution in [-0.4, -0.2) is 28.2 Å². The second-order valence-electron chi connectivity index (χ2n) is 5.36. The number of amides is 1. The van der Waals surface area contributed by atoms with Crippen molar-refractivity contribution in [3.05, 3.63) is 60.2 Å². The maximum atomic E-state index is 12.0. The molecule has 0 fully saturated rings. The van der Waals surface area contributed by atoms with Gasteiger partial charge in [-0.25, -0.2) is 0 Å². The fourth-order valence-corrected chi connectivity index (χ4v) is 2.22. The van der Waals surface area contributed by atoms with Gasteiger partial charge in [0.1, 0.15) is 5.75 Å². The first kappa shape index (κ1) is 16.6. The molecule has 1 aromatic carbocycles. The van der Waals surface area contributed by atoms with E-state index in [-0.39, 0.29) is 12.3 Å². The number of methoxy groups -OCH3 is 1. The summed E-state index contributed by atoms with van der Waals surface area (Å²) >= 11 is 0. The van der Waals surface area contributed by atoms with Crippen LogP contribution in [0.4, 0.5) is 0 Å². The van der Waals surface area contributed by atoms with Gasteiger partial charge in [0.05, 0.1) is 7.11 Å². The molecule has 3 aromatic rings. The van der Waals surface area contributed by atoms with E-state index in [9.17, 15) is 4.79 Å². The number of aromatic nitrogens is 3. The third-order valence-corrected chi connectivity index (χ3v) is 3.61. The van der Waals surface area contributed by atoms with Gasteiger partial charge in [-0.1, -0.05) is 12.1 Å². The Labute approximate surface area is 145 Å². The lowest BCUT2D eigenvalue weighted by Crippen LogP contribution is -2.23. The highest BCUT2D eigenvalue weighted by molar-refractivity contribution is 5.76. The Balaban J connectivity index is 1.46. The van der Waals surface area contributed by atoms with E-state index in [0.29, 0.717) is 24.7 Å². The van der Waals surface area contributed by atoms with Crippen LogP contribution in [0.1, 0.15) is 17.9 Å². The van der Waals surface area contributed by atoms with Crippen molar-refractivity contribution >= 4 is 5.91 Å². The standard InChI is InChI=1S/C18H18N4O3/c1-24-15-4-2-13(3-5-15)12-20-16(23)6-7-17-21-22-18(25-17)14-8-10-19-11-9-14/h2-5,8-11H,6-7,12H2,1H3,(H,20,23). The van der Waals surface area contributed by atoms with Crippen molar-refractivity contribution in [2.75, 3.05) is 7.11 Å². The summed E-state index contributed by atoms with van der Waals surface area (Å²) in [5, 5.41) is 10.8. The Kier molecular flexibility index (Phi) is 5.36. The molecule has 0 spiro atoms. The van der Waals surface area contributed by atoms with Gasteiger partial charge >= 0.3 is 0 Å². The van der Waals surface area contributed by atoms with Crippen molar-refractivity contribution in [2.45, 2.75) is 19.4 Å². The zero-order chi connectivity index (χ0) is 17.5. The Bertz CT molecular complexity index is 816. The smallest absolute Gasteiger partial charge is 0.247 e. The van der Waals surface area contributed by atoms with Crippen molar-refractivity contribution in [1.82, 2.24) is 20.5 Å². The molecule has 0 bridgehead atoms. The highest BCUT2D eigenvalue weighted by atomic mass is 16.5. The highest BCUT2D eigenvalue weighted by Crippen LogP contribution is 2.16. The van der Waals surface area contributed by atoms with Crippen LogP contribution >= 0.6 is 0 Å². The average Bonchev–Trinajstić information content (AvgIpc) is 3.15. The molecule has 0 saturated carbocycles. The number of hydrogen-bond acceptors (Lipinski definition) is 6. The summed E-state index contributed by atoms with van der Waals surface area (Å²) < 4.78 is 10.7. The predicted molar refractivity (Wildman–Crippen MR) is 90.7 cm³/mol. The Hall–Kier alpha value is -3.22. The first-order valence-electron chi connectivity index (χ1n) is 7.87. The number of hydrogen-bond donors (Lipinski definition) is 1. The van der Waals surface area contributed by atoms with E-state index in [0.717, 1.165) is 16.9 Å². The molecule has 7 nitrogen and oxygen atoms in total. The average molecular weight is 338 g/mol. The number of pyridine rings is 1. The molecule has 0 aliphatic carbocycles. The first-order chi connectivity index (χ1) is 12.2. The van der Waals surface area contributed by atoms with Crippen LogP contribution in [0.5, 0.6) is 5.75 Å². The number of carbonyl (C=O) groups excluding carboxylic acids is 1. The molecule has 1 N–H and O–H groups in total. The van der Waals surface area contributed by atoms with Crippen molar-refractivity contribution in [2.24, 2.45) is 0 Å². The Morgan fingerprint density at radius 1 is 1.12 bits per heavy atom. The van der Waals surface area contributed by atoms with Gasteiger partial charge in [-0.2, -0.15) is 0 Å². The van der Waals surface area contributed by atoms with Gasteiger partial charge in [0.15, 0.2) is 0 Å². The zero-order valence-corrected chi connectivity index (χ0v) is 13.8. The summed E-state index contributed by atoms with van der Waals surface area (Å²) in [6, 6.07) is 11.1. The van der Waals surface area contributed by atoms with Crippen LogP contribution in [0.2, 0.25) is 0 Å². The van der Waals surface area contributed by atoms with Crippen molar-refractivity contribution < 1.29 is 13.9 Å². The molecule has 0 aliphatic rings. The van der Waals surface area contributed by atoms with E-state index in [1.807, 2.05) is 24.3 Å². The van der Waals surface area contributed by atoms with E-state index in [4.69, 9.17) is 9.15 Å². The van der Waals surface area contributed by atoms with Gasteiger partial charge in [-0.05, 0) is 29.8 Å². The maximum absolute atomic E-state index is 12.0. The fourth-order valence-electron chi connectivity index (χ4n) is 2.22. The van der Waals surface area contributed by atoms with E-state index in [1.54, 1.807) is 31.6 Å². The normalized spacial score (nSPS) is 10.4. The molecule has 0 atom stereocenters. The minimum absolute atomic E-state index is 0.0699.